The van der Waals surface area contributed by atoms with Gasteiger partial charge in [-0.1, -0.05) is 23.8 Å². The summed E-state index contributed by atoms with van der Waals surface area (Å²) >= 11 is 0. The predicted molar refractivity (Wildman–Crippen MR) is 109 cm³/mol. The summed E-state index contributed by atoms with van der Waals surface area (Å²) in [6.45, 7) is 1.79. The Kier molecular flexibility index (Phi) is 9.25. The molecule has 2 N–H and O–H groups in total. The van der Waals surface area contributed by atoms with E-state index in [0.29, 0.717) is 24.6 Å². The summed E-state index contributed by atoms with van der Waals surface area (Å²) in [6, 6.07) is 10.9. The molecule has 8 heteroatoms. The molecule has 0 atom stereocenters. The van der Waals surface area contributed by atoms with E-state index in [4.69, 9.17) is 0 Å². The minimum Gasteiger partial charge on any atom is -0.434 e. The van der Waals surface area contributed by atoms with E-state index in [1.54, 1.807) is 25.2 Å². The Labute approximate surface area is 169 Å². The maximum absolute atomic E-state index is 12.5. The molecular formula is C18H23F2IN4O. The number of nitrogens with zero attached hydrogens (tertiary/aromatic N) is 2. The number of alkyl halides is 2. The second kappa shape index (κ2) is 10.9. The van der Waals surface area contributed by atoms with E-state index < -0.39 is 6.61 Å². The van der Waals surface area contributed by atoms with E-state index in [-0.39, 0.29) is 29.7 Å². The van der Waals surface area contributed by atoms with Crippen molar-refractivity contribution < 1.29 is 13.5 Å². The fraction of sp³-hybridized carbons (Fsp3) is 0.333. The standard InChI is InChI=1S/C18H22F2N4O.HI/c1-12-7-8-16(25-17(19)20)14(9-12)10-22-18(21-3)23-11-15-6-4-5-13(2)24-15;/h4-9,17H,10-11H2,1-3H3,(H2,21,22,23);1H. The number of nitrogens with one attached hydrogen (secondary N) is 2. The highest BCUT2D eigenvalue weighted by Crippen LogP contribution is 2.21. The van der Waals surface area contributed by atoms with Crippen LogP contribution in [0.1, 0.15) is 22.5 Å². The quantitative estimate of drug-likeness (QED) is 0.379. The summed E-state index contributed by atoms with van der Waals surface area (Å²) in [5.74, 6) is 0.705. The molecule has 142 valence electrons. The smallest absolute Gasteiger partial charge is 0.387 e. The van der Waals surface area contributed by atoms with Gasteiger partial charge in [-0.15, -0.1) is 24.0 Å². The summed E-state index contributed by atoms with van der Waals surface area (Å²) in [5, 5.41) is 6.24. The number of rotatable bonds is 6. The van der Waals surface area contributed by atoms with Gasteiger partial charge in [0.1, 0.15) is 5.75 Å². The molecule has 1 aromatic carbocycles. The summed E-state index contributed by atoms with van der Waals surface area (Å²) in [6.07, 6.45) is 0. The molecule has 1 heterocycles. The number of guanidine groups is 1. The lowest BCUT2D eigenvalue weighted by Gasteiger charge is -2.15. The monoisotopic (exact) mass is 476 g/mol. The van der Waals surface area contributed by atoms with E-state index in [1.807, 2.05) is 32.0 Å². The van der Waals surface area contributed by atoms with Gasteiger partial charge in [-0.3, -0.25) is 9.98 Å². The molecule has 0 saturated heterocycles. The summed E-state index contributed by atoms with van der Waals surface area (Å²) < 4.78 is 29.6. The van der Waals surface area contributed by atoms with Crippen molar-refractivity contribution in [2.75, 3.05) is 7.05 Å². The van der Waals surface area contributed by atoms with Crippen LogP contribution in [0.25, 0.3) is 0 Å². The number of benzene rings is 1. The number of pyridine rings is 1. The summed E-state index contributed by atoms with van der Waals surface area (Å²) in [5.41, 5.74) is 3.43. The first-order valence-corrected chi connectivity index (χ1v) is 7.89. The second-order valence-electron chi connectivity index (χ2n) is 5.54. The zero-order chi connectivity index (χ0) is 18.2. The lowest BCUT2D eigenvalue weighted by atomic mass is 10.1. The van der Waals surface area contributed by atoms with E-state index >= 15 is 0 Å². The normalized spacial score (nSPS) is 11.1. The van der Waals surface area contributed by atoms with Crippen molar-refractivity contribution in [2.24, 2.45) is 4.99 Å². The third kappa shape index (κ3) is 7.11. The van der Waals surface area contributed by atoms with Crippen LogP contribution < -0.4 is 15.4 Å². The number of hydrogen-bond acceptors (Lipinski definition) is 3. The van der Waals surface area contributed by atoms with E-state index in [0.717, 1.165) is 17.0 Å². The highest BCUT2D eigenvalue weighted by atomic mass is 127. The van der Waals surface area contributed by atoms with Gasteiger partial charge in [0.25, 0.3) is 0 Å². The van der Waals surface area contributed by atoms with Crippen LogP contribution in [0.15, 0.2) is 41.4 Å². The van der Waals surface area contributed by atoms with Gasteiger partial charge in [0.2, 0.25) is 0 Å². The summed E-state index contributed by atoms with van der Waals surface area (Å²) in [4.78, 5) is 8.54. The van der Waals surface area contributed by atoms with Gasteiger partial charge in [-0.2, -0.15) is 8.78 Å². The molecule has 0 unspecified atom stereocenters. The Bertz CT molecular complexity index is 741. The molecule has 0 aliphatic heterocycles. The molecule has 0 spiro atoms. The van der Waals surface area contributed by atoms with Gasteiger partial charge in [-0.05, 0) is 32.0 Å². The topological polar surface area (TPSA) is 58.5 Å². The van der Waals surface area contributed by atoms with E-state index in [9.17, 15) is 8.78 Å². The van der Waals surface area contributed by atoms with Crippen LogP contribution in [0.3, 0.4) is 0 Å². The van der Waals surface area contributed by atoms with Gasteiger partial charge in [0.15, 0.2) is 5.96 Å². The Balaban J connectivity index is 0.00000338. The van der Waals surface area contributed by atoms with E-state index in [1.165, 1.54) is 0 Å². The minimum absolute atomic E-state index is 0. The molecule has 0 amide bonds. The average molecular weight is 476 g/mol. The molecule has 1 aromatic heterocycles. The van der Waals surface area contributed by atoms with Crippen molar-refractivity contribution in [2.45, 2.75) is 33.5 Å². The molecule has 0 fully saturated rings. The van der Waals surface area contributed by atoms with Crippen LogP contribution in [0.4, 0.5) is 8.78 Å². The third-order valence-corrected chi connectivity index (χ3v) is 3.48. The van der Waals surface area contributed by atoms with Crippen LogP contribution >= 0.6 is 24.0 Å². The Morgan fingerprint density at radius 1 is 1.15 bits per heavy atom. The first-order chi connectivity index (χ1) is 12.0. The fourth-order valence-electron chi connectivity index (χ4n) is 2.33. The summed E-state index contributed by atoms with van der Waals surface area (Å²) in [7, 11) is 1.64. The highest BCUT2D eigenvalue weighted by molar-refractivity contribution is 14.0. The van der Waals surface area contributed by atoms with Crippen LogP contribution in [0.5, 0.6) is 5.75 Å². The largest absolute Gasteiger partial charge is 0.434 e. The Morgan fingerprint density at radius 2 is 1.88 bits per heavy atom. The lowest BCUT2D eigenvalue weighted by molar-refractivity contribution is -0.0504. The van der Waals surface area contributed by atoms with Crippen LogP contribution in [-0.4, -0.2) is 24.6 Å². The van der Waals surface area contributed by atoms with Crippen LogP contribution in [0, 0.1) is 13.8 Å². The molecule has 26 heavy (non-hydrogen) atoms. The third-order valence-electron chi connectivity index (χ3n) is 3.48. The molecule has 0 radical (unpaired) electrons. The SMILES string of the molecule is CN=C(NCc1cccc(C)n1)NCc1cc(C)ccc1OC(F)F.I. The van der Waals surface area contributed by atoms with Crippen molar-refractivity contribution in [1.29, 1.82) is 0 Å². The van der Waals surface area contributed by atoms with Gasteiger partial charge in [0.05, 0.1) is 12.2 Å². The number of ether oxygens (including phenoxy) is 1. The molecule has 0 bridgehead atoms. The Morgan fingerprint density at radius 3 is 2.54 bits per heavy atom. The number of hydrogen-bond donors (Lipinski definition) is 2. The average Bonchev–Trinajstić information content (AvgIpc) is 2.57. The second-order valence-corrected chi connectivity index (χ2v) is 5.54. The fourth-order valence-corrected chi connectivity index (χ4v) is 2.33. The minimum atomic E-state index is -2.86. The molecule has 2 rings (SSSR count). The zero-order valence-electron chi connectivity index (χ0n) is 14.9. The highest BCUT2D eigenvalue weighted by Gasteiger charge is 2.10. The van der Waals surface area contributed by atoms with Crippen molar-refractivity contribution in [3.63, 3.8) is 0 Å². The first kappa shape index (κ1) is 22.1. The number of aryl methyl sites for hydroxylation is 2. The zero-order valence-corrected chi connectivity index (χ0v) is 17.3. The number of aromatic nitrogens is 1. The molecular weight excluding hydrogens is 453 g/mol. The maximum atomic E-state index is 12.5. The van der Waals surface area contributed by atoms with Gasteiger partial charge in [0, 0.05) is 24.8 Å². The number of aliphatic imine (C=N–C) groups is 1. The lowest BCUT2D eigenvalue weighted by Crippen LogP contribution is -2.36. The van der Waals surface area contributed by atoms with Crippen molar-refractivity contribution >= 4 is 29.9 Å². The van der Waals surface area contributed by atoms with Crippen LogP contribution in [0.2, 0.25) is 0 Å². The van der Waals surface area contributed by atoms with Gasteiger partial charge in [-0.25, -0.2) is 0 Å². The first-order valence-electron chi connectivity index (χ1n) is 7.89. The molecule has 5 nitrogen and oxygen atoms in total. The van der Waals surface area contributed by atoms with Crippen molar-refractivity contribution in [3.05, 3.63) is 58.9 Å². The van der Waals surface area contributed by atoms with Gasteiger partial charge < -0.3 is 15.4 Å². The van der Waals surface area contributed by atoms with Crippen LogP contribution in [-0.2, 0) is 13.1 Å². The van der Waals surface area contributed by atoms with Crippen molar-refractivity contribution in [3.8, 4) is 5.75 Å². The molecule has 0 saturated carbocycles. The Hall–Kier alpha value is -1.97. The van der Waals surface area contributed by atoms with Gasteiger partial charge >= 0.3 is 6.61 Å². The predicted octanol–water partition coefficient (Wildman–Crippen LogP) is 3.78. The van der Waals surface area contributed by atoms with Crippen molar-refractivity contribution in [1.82, 2.24) is 15.6 Å². The number of halogens is 3. The molecule has 0 aliphatic carbocycles. The maximum Gasteiger partial charge on any atom is 0.387 e. The molecule has 2 aromatic rings. The van der Waals surface area contributed by atoms with E-state index in [2.05, 4.69) is 25.3 Å². The molecule has 0 aliphatic rings.